The molecule has 2 heterocycles. The van der Waals surface area contributed by atoms with Crippen molar-refractivity contribution in [1.29, 1.82) is 0 Å². The van der Waals surface area contributed by atoms with Crippen LogP contribution in [0.1, 0.15) is 25.7 Å². The molecule has 2 bridgehead atoms. The van der Waals surface area contributed by atoms with Gasteiger partial charge in [-0.2, -0.15) is 0 Å². The summed E-state index contributed by atoms with van der Waals surface area (Å²) in [5.41, 5.74) is 0. The highest BCUT2D eigenvalue weighted by molar-refractivity contribution is 7.90. The van der Waals surface area contributed by atoms with Gasteiger partial charge in [0.15, 0.2) is 0 Å². The van der Waals surface area contributed by atoms with Crippen LogP contribution in [-0.4, -0.2) is 54.4 Å². The Morgan fingerprint density at radius 2 is 2.00 bits per heavy atom. The predicted octanol–water partition coefficient (Wildman–Crippen LogP) is -0.115. The fourth-order valence-electron chi connectivity index (χ4n) is 3.04. The minimum Gasteiger partial charge on any atom is -0.481 e. The van der Waals surface area contributed by atoms with Crippen LogP contribution in [0.3, 0.4) is 0 Å². The number of fused-ring (bicyclic) bond motifs is 2. The summed E-state index contributed by atoms with van der Waals surface area (Å²) >= 11 is 0. The fraction of sp³-hybridized carbons (Fsp3) is 0.818. The van der Waals surface area contributed by atoms with Crippen molar-refractivity contribution in [2.24, 2.45) is 5.92 Å². The zero-order valence-electron chi connectivity index (χ0n) is 10.2. The lowest BCUT2D eigenvalue weighted by Crippen LogP contribution is -2.38. The van der Waals surface area contributed by atoms with E-state index in [1.54, 1.807) is 4.90 Å². The van der Waals surface area contributed by atoms with Crippen LogP contribution < -0.4 is 0 Å². The largest absolute Gasteiger partial charge is 0.481 e. The molecule has 2 aliphatic heterocycles. The molecule has 0 saturated carbocycles. The molecule has 3 unspecified atom stereocenters. The van der Waals surface area contributed by atoms with Gasteiger partial charge in [0.2, 0.25) is 5.91 Å². The molecule has 2 rings (SSSR count). The molecule has 0 spiro atoms. The smallest absolute Gasteiger partial charge is 0.308 e. The Balaban J connectivity index is 2.02. The number of amides is 1. The Labute approximate surface area is 106 Å². The standard InChI is InChI=1S/C11H17NO5S/c1-18(16,17)5-4-10(13)12-7-2-3-9(12)8(6-7)11(14)15/h7-9H,2-6H2,1H3,(H,14,15). The molecule has 2 saturated heterocycles. The molecule has 2 aliphatic rings. The van der Waals surface area contributed by atoms with Crippen molar-refractivity contribution in [3.05, 3.63) is 0 Å². The Kier molecular flexibility index (Phi) is 3.35. The summed E-state index contributed by atoms with van der Waals surface area (Å²) < 4.78 is 22.1. The summed E-state index contributed by atoms with van der Waals surface area (Å²) in [4.78, 5) is 24.6. The lowest BCUT2D eigenvalue weighted by atomic mass is 9.89. The predicted molar refractivity (Wildman–Crippen MR) is 63.7 cm³/mol. The molecule has 102 valence electrons. The van der Waals surface area contributed by atoms with Crippen LogP contribution >= 0.6 is 0 Å². The molecule has 0 aromatic rings. The van der Waals surface area contributed by atoms with E-state index in [1.807, 2.05) is 0 Å². The topological polar surface area (TPSA) is 91.8 Å². The number of carboxylic acid groups (broad SMARTS) is 1. The first-order chi connectivity index (χ1) is 8.29. The van der Waals surface area contributed by atoms with Crippen molar-refractivity contribution in [2.75, 3.05) is 12.0 Å². The normalized spacial score (nSPS) is 30.7. The van der Waals surface area contributed by atoms with E-state index in [2.05, 4.69) is 0 Å². The third-order valence-corrected chi connectivity index (χ3v) is 4.77. The second kappa shape index (κ2) is 4.53. The molecule has 7 heteroatoms. The third kappa shape index (κ3) is 2.50. The highest BCUT2D eigenvalue weighted by Crippen LogP contribution is 2.42. The van der Waals surface area contributed by atoms with Crippen LogP contribution in [0.25, 0.3) is 0 Å². The molecule has 0 radical (unpaired) electrons. The molecule has 6 nitrogen and oxygen atoms in total. The van der Waals surface area contributed by atoms with Crippen molar-refractivity contribution >= 4 is 21.7 Å². The second-order valence-electron chi connectivity index (χ2n) is 5.16. The third-order valence-electron chi connectivity index (χ3n) is 3.83. The first-order valence-corrected chi connectivity index (χ1v) is 8.07. The van der Waals surface area contributed by atoms with E-state index in [-0.39, 0.29) is 30.2 Å². The second-order valence-corrected chi connectivity index (χ2v) is 7.42. The summed E-state index contributed by atoms with van der Waals surface area (Å²) in [6, 6.07) is -0.247. The first kappa shape index (κ1) is 13.3. The summed E-state index contributed by atoms with van der Waals surface area (Å²) in [7, 11) is -3.16. The van der Waals surface area contributed by atoms with Crippen LogP contribution in [-0.2, 0) is 19.4 Å². The number of carbonyl (C=O) groups excluding carboxylic acids is 1. The van der Waals surface area contributed by atoms with E-state index in [0.717, 1.165) is 12.7 Å². The molecule has 18 heavy (non-hydrogen) atoms. The van der Waals surface area contributed by atoms with Gasteiger partial charge in [-0.25, -0.2) is 8.42 Å². The highest BCUT2D eigenvalue weighted by atomic mass is 32.2. The van der Waals surface area contributed by atoms with E-state index in [9.17, 15) is 18.0 Å². The van der Waals surface area contributed by atoms with E-state index < -0.39 is 21.7 Å². The van der Waals surface area contributed by atoms with Crippen LogP contribution in [0.2, 0.25) is 0 Å². The van der Waals surface area contributed by atoms with Crippen LogP contribution in [0, 0.1) is 5.92 Å². The van der Waals surface area contributed by atoms with E-state index in [0.29, 0.717) is 12.8 Å². The molecule has 2 fully saturated rings. The number of rotatable bonds is 4. The van der Waals surface area contributed by atoms with Gasteiger partial charge in [0.1, 0.15) is 9.84 Å². The number of carbonyl (C=O) groups is 2. The van der Waals surface area contributed by atoms with Gasteiger partial charge in [-0.05, 0) is 19.3 Å². The van der Waals surface area contributed by atoms with Crippen LogP contribution in [0.5, 0.6) is 0 Å². The number of hydrogen-bond acceptors (Lipinski definition) is 4. The molecular weight excluding hydrogens is 258 g/mol. The molecule has 1 N–H and O–H groups in total. The maximum atomic E-state index is 12.0. The average Bonchev–Trinajstić information content (AvgIpc) is 2.81. The zero-order valence-corrected chi connectivity index (χ0v) is 11.0. The maximum absolute atomic E-state index is 12.0. The molecule has 0 aromatic carbocycles. The van der Waals surface area contributed by atoms with Gasteiger partial charge in [0.05, 0.1) is 11.7 Å². The number of hydrogen-bond donors (Lipinski definition) is 1. The fourth-order valence-corrected chi connectivity index (χ4v) is 3.59. The van der Waals surface area contributed by atoms with Gasteiger partial charge in [-0.15, -0.1) is 0 Å². The van der Waals surface area contributed by atoms with Crippen molar-refractivity contribution in [3.63, 3.8) is 0 Å². The minimum absolute atomic E-state index is 0.0110. The maximum Gasteiger partial charge on any atom is 0.308 e. The van der Waals surface area contributed by atoms with E-state index in [4.69, 9.17) is 5.11 Å². The van der Waals surface area contributed by atoms with Gasteiger partial charge in [-0.1, -0.05) is 0 Å². The first-order valence-electron chi connectivity index (χ1n) is 6.01. The van der Waals surface area contributed by atoms with E-state index >= 15 is 0 Å². The lowest BCUT2D eigenvalue weighted by molar-refractivity contribution is -0.143. The Morgan fingerprint density at radius 1 is 1.33 bits per heavy atom. The Hall–Kier alpha value is -1.11. The number of carboxylic acids is 1. The average molecular weight is 275 g/mol. The van der Waals surface area contributed by atoms with Gasteiger partial charge in [-0.3, -0.25) is 9.59 Å². The van der Waals surface area contributed by atoms with Crippen LogP contribution in [0.15, 0.2) is 0 Å². The summed E-state index contributed by atoms with van der Waals surface area (Å²) in [5.74, 6) is -1.73. The number of sulfone groups is 1. The molecule has 0 aliphatic carbocycles. The van der Waals surface area contributed by atoms with Gasteiger partial charge in [0.25, 0.3) is 0 Å². The monoisotopic (exact) mass is 275 g/mol. The van der Waals surface area contributed by atoms with Crippen molar-refractivity contribution in [3.8, 4) is 0 Å². The SMILES string of the molecule is CS(=O)(=O)CCC(=O)N1C2CCC1C(C(=O)O)C2. The van der Waals surface area contributed by atoms with Crippen molar-refractivity contribution in [1.82, 2.24) is 4.90 Å². The van der Waals surface area contributed by atoms with Crippen LogP contribution in [0.4, 0.5) is 0 Å². The minimum atomic E-state index is -3.16. The summed E-state index contributed by atoms with van der Waals surface area (Å²) in [5, 5.41) is 9.06. The van der Waals surface area contributed by atoms with Gasteiger partial charge >= 0.3 is 5.97 Å². The Morgan fingerprint density at radius 3 is 2.50 bits per heavy atom. The van der Waals surface area contributed by atoms with Crippen molar-refractivity contribution in [2.45, 2.75) is 37.8 Å². The van der Waals surface area contributed by atoms with E-state index in [1.165, 1.54) is 0 Å². The summed E-state index contributed by atoms with van der Waals surface area (Å²) in [6.07, 6.45) is 3.10. The highest BCUT2D eigenvalue weighted by Gasteiger charge is 2.50. The molecule has 1 amide bonds. The molecule has 0 aromatic heterocycles. The van der Waals surface area contributed by atoms with Gasteiger partial charge < -0.3 is 10.0 Å². The quantitative estimate of drug-likeness (QED) is 0.772. The Bertz CT molecular complexity index is 472. The molecule has 3 atom stereocenters. The summed E-state index contributed by atoms with van der Waals surface area (Å²) in [6.45, 7) is 0. The number of nitrogens with zero attached hydrogens (tertiary/aromatic N) is 1. The zero-order chi connectivity index (χ0) is 13.5. The number of aliphatic carboxylic acids is 1. The molecular formula is C11H17NO5S. The van der Waals surface area contributed by atoms with Crippen molar-refractivity contribution < 1.29 is 23.1 Å². The van der Waals surface area contributed by atoms with Gasteiger partial charge in [0, 0.05) is 24.8 Å². The lowest BCUT2D eigenvalue weighted by Gasteiger charge is -2.22.